The van der Waals surface area contributed by atoms with Gasteiger partial charge in [-0.05, 0) is 52.2 Å². The fraction of sp³-hybridized carbons (Fsp3) is 0.593. The Kier molecular flexibility index (Phi) is 9.37. The van der Waals surface area contributed by atoms with Crippen molar-refractivity contribution >= 4 is 18.0 Å². The second-order valence-electron chi connectivity index (χ2n) is 9.58. The van der Waals surface area contributed by atoms with Crippen LogP contribution in [0.15, 0.2) is 29.5 Å². The maximum atomic E-state index is 13.4. The van der Waals surface area contributed by atoms with Gasteiger partial charge in [-0.3, -0.25) is 9.80 Å². The number of hydrogen-bond donors (Lipinski definition) is 2. The molecule has 2 aliphatic heterocycles. The maximum Gasteiger partial charge on any atom is 0.338 e. The van der Waals surface area contributed by atoms with Crippen LogP contribution in [0, 0.1) is 13.8 Å². The van der Waals surface area contributed by atoms with Gasteiger partial charge in [-0.1, -0.05) is 30.7 Å². The van der Waals surface area contributed by atoms with Crippen molar-refractivity contribution in [3.63, 3.8) is 0 Å². The van der Waals surface area contributed by atoms with Crippen molar-refractivity contribution in [1.29, 1.82) is 0 Å². The molecule has 9 nitrogen and oxygen atoms in total. The zero-order chi connectivity index (χ0) is 26.4. The molecule has 36 heavy (non-hydrogen) atoms. The number of carbonyl (C=O) groups excluding carboxylic acids is 3. The first-order chi connectivity index (χ1) is 17.2. The molecule has 0 unspecified atom stereocenters. The van der Waals surface area contributed by atoms with Crippen molar-refractivity contribution in [3.05, 3.63) is 46.2 Å². The summed E-state index contributed by atoms with van der Waals surface area (Å²) < 4.78 is 5.50. The number of likely N-dealkylation sites (N-methyl/N-ethyl adjacent to an activating group) is 1. The maximum absolute atomic E-state index is 13.4. The third kappa shape index (κ3) is 6.00. The molecular weight excluding hydrogens is 458 g/mol. The molecule has 3 rings (SSSR count). The minimum Gasteiger partial charge on any atom is -0.463 e. The standard InChI is InChI=1S/C27H41N5O4/c1-7-12-28-26(34)32-14-13-30(16-20(32)6)17-22-23(25(33)36-9-3)24(29-27(35)31(22)8-2)21-15-18(4)10-11-19(21)5/h10-11,15,20,24H,7-9,12-14,16-17H2,1-6H3,(H,28,34)(H,29,35)/t20-,24-/m1/s1. The molecule has 1 fully saturated rings. The minimum atomic E-state index is -0.590. The van der Waals surface area contributed by atoms with Gasteiger partial charge >= 0.3 is 18.0 Å². The Labute approximate surface area is 214 Å². The van der Waals surface area contributed by atoms with Crippen LogP contribution in [0.2, 0.25) is 0 Å². The Hall–Kier alpha value is -3.07. The van der Waals surface area contributed by atoms with E-state index in [1.54, 1.807) is 11.8 Å². The lowest BCUT2D eigenvalue weighted by Crippen LogP contribution is -2.58. The molecule has 0 spiro atoms. The fourth-order valence-electron chi connectivity index (χ4n) is 4.99. The van der Waals surface area contributed by atoms with Crippen LogP contribution in [0.4, 0.5) is 9.59 Å². The zero-order valence-electron chi connectivity index (χ0n) is 22.5. The van der Waals surface area contributed by atoms with Gasteiger partial charge in [-0.15, -0.1) is 0 Å². The molecule has 0 aliphatic carbocycles. The Balaban J connectivity index is 1.97. The van der Waals surface area contributed by atoms with Gasteiger partial charge in [-0.25, -0.2) is 14.4 Å². The molecular formula is C27H41N5O4. The Morgan fingerprint density at radius 1 is 1.17 bits per heavy atom. The molecule has 1 aromatic carbocycles. The molecule has 2 heterocycles. The van der Waals surface area contributed by atoms with Crippen LogP contribution in [-0.4, -0.2) is 84.6 Å². The first-order valence-corrected chi connectivity index (χ1v) is 13.0. The lowest BCUT2D eigenvalue weighted by Gasteiger charge is -2.43. The zero-order valence-corrected chi connectivity index (χ0v) is 22.5. The van der Waals surface area contributed by atoms with Crippen LogP contribution < -0.4 is 10.6 Å². The topological polar surface area (TPSA) is 94.2 Å². The molecule has 0 bridgehead atoms. The van der Waals surface area contributed by atoms with Gasteiger partial charge < -0.3 is 20.3 Å². The number of nitrogens with zero attached hydrogens (tertiary/aromatic N) is 3. The van der Waals surface area contributed by atoms with Gasteiger partial charge in [0.25, 0.3) is 0 Å². The van der Waals surface area contributed by atoms with Crippen molar-refractivity contribution in [2.45, 2.75) is 60.0 Å². The van der Waals surface area contributed by atoms with Crippen LogP contribution >= 0.6 is 0 Å². The molecule has 1 saturated heterocycles. The van der Waals surface area contributed by atoms with E-state index in [0.29, 0.717) is 50.5 Å². The number of urea groups is 2. The number of ether oxygens (including phenoxy) is 1. The van der Waals surface area contributed by atoms with Crippen LogP contribution in [0.3, 0.4) is 0 Å². The smallest absolute Gasteiger partial charge is 0.338 e. The largest absolute Gasteiger partial charge is 0.463 e. The van der Waals surface area contributed by atoms with Crippen LogP contribution in [0.5, 0.6) is 0 Å². The highest BCUT2D eigenvalue weighted by Crippen LogP contribution is 2.34. The summed E-state index contributed by atoms with van der Waals surface area (Å²) in [7, 11) is 0. The highest BCUT2D eigenvalue weighted by Gasteiger charge is 2.39. The number of esters is 1. The van der Waals surface area contributed by atoms with E-state index < -0.39 is 12.0 Å². The lowest BCUT2D eigenvalue weighted by molar-refractivity contribution is -0.139. The summed E-state index contributed by atoms with van der Waals surface area (Å²) in [6, 6.07) is 5.20. The van der Waals surface area contributed by atoms with Gasteiger partial charge in [0, 0.05) is 51.0 Å². The summed E-state index contributed by atoms with van der Waals surface area (Å²) in [6.45, 7) is 15.4. The quantitative estimate of drug-likeness (QED) is 0.535. The van der Waals surface area contributed by atoms with Crippen LogP contribution in [0.1, 0.15) is 56.8 Å². The number of carbonyl (C=O) groups is 3. The van der Waals surface area contributed by atoms with E-state index in [-0.39, 0.29) is 24.7 Å². The van der Waals surface area contributed by atoms with E-state index in [4.69, 9.17) is 4.74 Å². The monoisotopic (exact) mass is 499 g/mol. The van der Waals surface area contributed by atoms with Crippen molar-refractivity contribution in [3.8, 4) is 0 Å². The Bertz CT molecular complexity index is 1010. The summed E-state index contributed by atoms with van der Waals surface area (Å²) in [6.07, 6.45) is 0.890. The fourth-order valence-corrected chi connectivity index (χ4v) is 4.99. The van der Waals surface area contributed by atoms with E-state index in [1.807, 2.05) is 57.7 Å². The van der Waals surface area contributed by atoms with E-state index in [1.165, 1.54) is 0 Å². The Morgan fingerprint density at radius 3 is 2.56 bits per heavy atom. The molecule has 2 atom stereocenters. The molecule has 4 amide bonds. The molecule has 1 aromatic rings. The van der Waals surface area contributed by atoms with Crippen molar-refractivity contribution < 1.29 is 19.1 Å². The van der Waals surface area contributed by atoms with Gasteiger partial charge in [0.2, 0.25) is 0 Å². The van der Waals surface area contributed by atoms with Gasteiger partial charge in [-0.2, -0.15) is 0 Å². The second kappa shape index (κ2) is 12.3. The van der Waals surface area contributed by atoms with Crippen molar-refractivity contribution in [2.75, 3.05) is 45.9 Å². The summed E-state index contributed by atoms with van der Waals surface area (Å²) in [5.41, 5.74) is 4.09. The van der Waals surface area contributed by atoms with E-state index >= 15 is 0 Å². The molecule has 0 saturated carbocycles. The van der Waals surface area contributed by atoms with E-state index in [2.05, 4.69) is 15.5 Å². The number of rotatable bonds is 8. The first-order valence-electron chi connectivity index (χ1n) is 13.0. The Morgan fingerprint density at radius 2 is 1.92 bits per heavy atom. The predicted molar refractivity (Wildman–Crippen MR) is 140 cm³/mol. The van der Waals surface area contributed by atoms with E-state index in [0.717, 1.165) is 23.1 Å². The number of amides is 4. The number of piperazine rings is 1. The molecule has 0 aromatic heterocycles. The highest BCUT2D eigenvalue weighted by atomic mass is 16.5. The van der Waals surface area contributed by atoms with Crippen molar-refractivity contribution in [1.82, 2.24) is 25.3 Å². The van der Waals surface area contributed by atoms with Crippen LogP contribution in [-0.2, 0) is 9.53 Å². The molecule has 198 valence electrons. The first kappa shape index (κ1) is 27.5. The third-order valence-electron chi connectivity index (χ3n) is 6.87. The molecule has 0 radical (unpaired) electrons. The predicted octanol–water partition coefficient (Wildman–Crippen LogP) is 3.33. The average Bonchev–Trinajstić information content (AvgIpc) is 2.84. The lowest BCUT2D eigenvalue weighted by atomic mass is 9.90. The summed E-state index contributed by atoms with van der Waals surface area (Å²) in [5, 5.41) is 6.01. The normalized spacial score (nSPS) is 20.9. The highest BCUT2D eigenvalue weighted by molar-refractivity contribution is 5.95. The van der Waals surface area contributed by atoms with Gasteiger partial charge in [0.05, 0.1) is 18.2 Å². The summed E-state index contributed by atoms with van der Waals surface area (Å²) in [4.78, 5) is 44.9. The average molecular weight is 500 g/mol. The van der Waals surface area contributed by atoms with E-state index in [9.17, 15) is 14.4 Å². The summed E-state index contributed by atoms with van der Waals surface area (Å²) in [5.74, 6) is -0.414. The van der Waals surface area contributed by atoms with Crippen LogP contribution in [0.25, 0.3) is 0 Å². The van der Waals surface area contributed by atoms with Crippen molar-refractivity contribution in [2.24, 2.45) is 0 Å². The van der Waals surface area contributed by atoms with Gasteiger partial charge in [0.1, 0.15) is 0 Å². The molecule has 2 aliphatic rings. The van der Waals surface area contributed by atoms with Gasteiger partial charge in [0.15, 0.2) is 0 Å². The minimum absolute atomic E-state index is 0.00422. The third-order valence-corrected chi connectivity index (χ3v) is 6.87. The number of nitrogens with one attached hydrogen (secondary N) is 2. The number of benzene rings is 1. The number of hydrogen-bond acceptors (Lipinski definition) is 5. The molecule has 2 N–H and O–H groups in total. The molecule has 9 heteroatoms. The summed E-state index contributed by atoms with van der Waals surface area (Å²) >= 11 is 0. The number of aryl methyl sites for hydroxylation is 2. The SMILES string of the molecule is CCCNC(=O)N1CCN(CC2=C(C(=O)OCC)[C@@H](c3cc(C)ccc3C)NC(=O)N2CC)C[C@H]1C. The second-order valence-corrected chi connectivity index (χ2v) is 9.58.